The van der Waals surface area contributed by atoms with Crippen LogP contribution in [-0.4, -0.2) is 43.9 Å². The van der Waals surface area contributed by atoms with E-state index >= 15 is 0 Å². The van der Waals surface area contributed by atoms with Gasteiger partial charge in [0.2, 0.25) is 5.95 Å². The van der Waals surface area contributed by atoms with Gasteiger partial charge in [0.15, 0.2) is 5.82 Å². The maximum Gasteiger partial charge on any atom is 0.220 e. The van der Waals surface area contributed by atoms with E-state index in [-0.39, 0.29) is 24.7 Å². The molecule has 0 amide bonds. The average molecular weight is 436 g/mol. The van der Waals surface area contributed by atoms with Gasteiger partial charge in [0.05, 0.1) is 35.1 Å². The quantitative estimate of drug-likeness (QED) is 0.636. The van der Waals surface area contributed by atoms with Gasteiger partial charge in [-0.05, 0) is 52.2 Å². The molecule has 1 aliphatic rings. The van der Waals surface area contributed by atoms with E-state index in [9.17, 15) is 4.39 Å². The summed E-state index contributed by atoms with van der Waals surface area (Å²) >= 11 is 6.12. The first-order valence-electron chi connectivity index (χ1n) is 10.0. The third-order valence-electron chi connectivity index (χ3n) is 4.96. The maximum absolute atomic E-state index is 14.4. The van der Waals surface area contributed by atoms with Crippen LogP contribution < -0.4 is 5.73 Å². The van der Waals surface area contributed by atoms with Crippen LogP contribution in [0.1, 0.15) is 45.0 Å². The lowest BCUT2D eigenvalue weighted by Crippen LogP contribution is -2.22. The summed E-state index contributed by atoms with van der Waals surface area (Å²) in [7, 11) is 0. The van der Waals surface area contributed by atoms with Gasteiger partial charge in [0, 0.05) is 18.2 Å². The number of aliphatic hydroxyl groups is 1. The zero-order chi connectivity index (χ0) is 21.8. The van der Waals surface area contributed by atoms with Crippen LogP contribution in [0.5, 0.6) is 0 Å². The zero-order valence-corrected chi connectivity index (χ0v) is 18.2. The minimum Gasteiger partial charge on any atom is -0.394 e. The predicted octanol–water partition coefficient (Wildman–Crippen LogP) is 4.31. The third-order valence-corrected chi connectivity index (χ3v) is 5.23. The van der Waals surface area contributed by atoms with E-state index in [4.69, 9.17) is 27.2 Å². The Hall–Kier alpha value is -2.29. The van der Waals surface area contributed by atoms with Gasteiger partial charge in [-0.1, -0.05) is 11.6 Å². The number of nitrogen functional groups attached to an aromatic ring is 1. The highest BCUT2D eigenvalue weighted by Gasteiger charge is 2.17. The Morgan fingerprint density at radius 1 is 1.33 bits per heavy atom. The second kappa shape index (κ2) is 9.68. The fourth-order valence-electron chi connectivity index (χ4n) is 3.59. The van der Waals surface area contributed by atoms with Gasteiger partial charge in [0.25, 0.3) is 0 Å². The smallest absolute Gasteiger partial charge is 0.220 e. The molecule has 162 valence electrons. The highest BCUT2D eigenvalue weighted by atomic mass is 35.5. The lowest BCUT2D eigenvalue weighted by molar-refractivity contribution is -0.0172. The van der Waals surface area contributed by atoms with Crippen molar-refractivity contribution in [3.05, 3.63) is 35.0 Å². The third kappa shape index (κ3) is 4.88. The molecule has 1 aromatic carbocycles. The van der Waals surface area contributed by atoms with Crippen LogP contribution in [0.2, 0.25) is 5.02 Å². The number of imidazole rings is 1. The van der Waals surface area contributed by atoms with Crippen molar-refractivity contribution in [1.82, 2.24) is 19.5 Å². The number of aromatic nitrogens is 4. The number of aryl methyl sites for hydroxylation is 1. The first-order valence-corrected chi connectivity index (χ1v) is 10.4. The van der Waals surface area contributed by atoms with Crippen molar-refractivity contribution >= 4 is 28.6 Å². The van der Waals surface area contributed by atoms with E-state index in [0.29, 0.717) is 27.3 Å². The van der Waals surface area contributed by atoms with Gasteiger partial charge < -0.3 is 20.1 Å². The minimum atomic E-state index is -0.414. The van der Waals surface area contributed by atoms with Crippen molar-refractivity contribution < 1.29 is 14.2 Å². The second-order valence-electron chi connectivity index (χ2n) is 7.54. The number of ether oxygens (including phenoxy) is 1. The Morgan fingerprint density at radius 2 is 2.10 bits per heavy atom. The second-order valence-corrected chi connectivity index (χ2v) is 7.95. The molecule has 1 atom stereocenters. The number of nitrogens with zero attached hydrogens (tertiary/aromatic N) is 4. The number of fused-ring (bicyclic) bond motifs is 1. The summed E-state index contributed by atoms with van der Waals surface area (Å²) in [5.74, 6) is 0.436. The van der Waals surface area contributed by atoms with E-state index in [1.54, 1.807) is 0 Å². The molecule has 7 nitrogen and oxygen atoms in total. The first kappa shape index (κ1) is 22.4. The molecular formula is C21H27ClFN5O2. The highest BCUT2D eigenvalue weighted by molar-refractivity contribution is 6.33. The standard InChI is InChI=1S/C15H15ClFN5.C6H12O2/c1-7(2)22-8(3)20-14-11(17)4-9(5-12(14)22)13-10(16)6-19-15(18)21-13;7-5-6-3-1-2-4-8-6/h4-7H,1-3H3,(H2,18,19,21);6-7H,1-5H2. The molecule has 0 spiro atoms. The summed E-state index contributed by atoms with van der Waals surface area (Å²) in [4.78, 5) is 12.2. The molecule has 2 aromatic heterocycles. The van der Waals surface area contributed by atoms with Gasteiger partial charge in [-0.25, -0.2) is 19.3 Å². The fourth-order valence-corrected chi connectivity index (χ4v) is 3.79. The summed E-state index contributed by atoms with van der Waals surface area (Å²) in [5.41, 5.74) is 7.60. The molecule has 3 heterocycles. The van der Waals surface area contributed by atoms with Crippen molar-refractivity contribution in [2.45, 2.75) is 52.2 Å². The van der Waals surface area contributed by atoms with Gasteiger partial charge in [0.1, 0.15) is 11.3 Å². The Labute approximate surface area is 180 Å². The maximum atomic E-state index is 14.4. The molecule has 0 bridgehead atoms. The zero-order valence-electron chi connectivity index (χ0n) is 17.4. The number of nitrogens with two attached hydrogens (primary N) is 1. The van der Waals surface area contributed by atoms with Crippen LogP contribution in [-0.2, 0) is 4.74 Å². The van der Waals surface area contributed by atoms with Crippen molar-refractivity contribution in [3.8, 4) is 11.3 Å². The van der Waals surface area contributed by atoms with Crippen molar-refractivity contribution in [2.75, 3.05) is 18.9 Å². The number of benzene rings is 1. The van der Waals surface area contributed by atoms with Crippen molar-refractivity contribution in [3.63, 3.8) is 0 Å². The molecular weight excluding hydrogens is 409 g/mol. The number of hydrogen-bond donors (Lipinski definition) is 2. The molecule has 3 N–H and O–H groups in total. The van der Waals surface area contributed by atoms with Crippen molar-refractivity contribution in [1.29, 1.82) is 0 Å². The molecule has 1 fully saturated rings. The molecule has 0 radical (unpaired) electrons. The largest absolute Gasteiger partial charge is 0.394 e. The van der Waals surface area contributed by atoms with Crippen LogP contribution in [0.4, 0.5) is 10.3 Å². The van der Waals surface area contributed by atoms with E-state index in [0.717, 1.165) is 25.3 Å². The number of halogens is 2. The monoisotopic (exact) mass is 435 g/mol. The summed E-state index contributed by atoms with van der Waals surface area (Å²) in [6, 6.07) is 3.35. The number of anilines is 1. The van der Waals surface area contributed by atoms with E-state index in [2.05, 4.69) is 15.0 Å². The minimum absolute atomic E-state index is 0.0912. The SMILES string of the molecule is Cc1nc2c(F)cc(-c3nc(N)ncc3Cl)cc2n1C(C)C.OCC1CCCCO1. The van der Waals surface area contributed by atoms with Crippen LogP contribution in [0, 0.1) is 12.7 Å². The lowest BCUT2D eigenvalue weighted by atomic mass is 10.1. The predicted molar refractivity (Wildman–Crippen MR) is 116 cm³/mol. The summed E-state index contributed by atoms with van der Waals surface area (Å²) in [6.07, 6.45) is 4.97. The summed E-state index contributed by atoms with van der Waals surface area (Å²) in [5, 5.41) is 8.89. The Balaban J connectivity index is 0.000000269. The first-order chi connectivity index (χ1) is 14.3. The summed E-state index contributed by atoms with van der Waals surface area (Å²) in [6.45, 7) is 6.93. The molecule has 9 heteroatoms. The lowest BCUT2D eigenvalue weighted by Gasteiger charge is -2.19. The Kier molecular flexibility index (Phi) is 7.23. The molecule has 3 aromatic rings. The van der Waals surface area contributed by atoms with Crippen LogP contribution in [0.25, 0.3) is 22.3 Å². The Morgan fingerprint density at radius 3 is 2.70 bits per heavy atom. The highest BCUT2D eigenvalue weighted by Crippen LogP contribution is 2.31. The average Bonchev–Trinajstić information content (AvgIpc) is 3.07. The van der Waals surface area contributed by atoms with Crippen molar-refractivity contribution in [2.24, 2.45) is 0 Å². The number of aliphatic hydroxyl groups excluding tert-OH is 1. The van der Waals surface area contributed by atoms with E-state index < -0.39 is 5.82 Å². The molecule has 4 rings (SSSR count). The van der Waals surface area contributed by atoms with Crippen LogP contribution >= 0.6 is 11.6 Å². The molecule has 30 heavy (non-hydrogen) atoms. The fraction of sp³-hybridized carbons (Fsp3) is 0.476. The molecule has 1 aliphatic heterocycles. The number of hydrogen-bond acceptors (Lipinski definition) is 6. The van der Waals surface area contributed by atoms with E-state index in [1.807, 2.05) is 31.4 Å². The van der Waals surface area contributed by atoms with Crippen LogP contribution in [0.3, 0.4) is 0 Å². The normalized spacial score (nSPS) is 16.6. The van der Waals surface area contributed by atoms with Crippen LogP contribution in [0.15, 0.2) is 18.3 Å². The van der Waals surface area contributed by atoms with Gasteiger partial charge >= 0.3 is 0 Å². The molecule has 0 saturated carbocycles. The molecule has 1 saturated heterocycles. The van der Waals surface area contributed by atoms with Gasteiger partial charge in [-0.15, -0.1) is 0 Å². The summed E-state index contributed by atoms with van der Waals surface area (Å²) < 4.78 is 21.6. The number of rotatable bonds is 3. The Bertz CT molecular complexity index is 1020. The molecule has 0 aliphatic carbocycles. The van der Waals surface area contributed by atoms with E-state index in [1.165, 1.54) is 18.7 Å². The van der Waals surface area contributed by atoms with Gasteiger partial charge in [-0.3, -0.25) is 0 Å². The van der Waals surface area contributed by atoms with Gasteiger partial charge in [-0.2, -0.15) is 0 Å². The molecule has 1 unspecified atom stereocenters. The topological polar surface area (TPSA) is 99.1 Å².